The molecule has 5 rings (SSSR count). The van der Waals surface area contributed by atoms with Gasteiger partial charge in [0.1, 0.15) is 5.76 Å². The third-order valence-corrected chi connectivity index (χ3v) is 5.39. The van der Waals surface area contributed by atoms with Gasteiger partial charge in [0.05, 0.1) is 0 Å². The first-order chi connectivity index (χ1) is 9.19. The molecule has 1 N–H and O–H groups in total. The summed E-state index contributed by atoms with van der Waals surface area (Å²) in [6.07, 6.45) is 6.70. The normalized spacial score (nSPS) is 39.5. The second-order valence-electron chi connectivity index (χ2n) is 6.75. The topological polar surface area (TPSA) is 55.1 Å². The molecule has 0 aromatic carbocycles. The molecule has 0 aliphatic heterocycles. The van der Waals surface area contributed by atoms with Crippen molar-refractivity contribution in [1.29, 1.82) is 0 Å². The molecule has 1 aromatic heterocycles. The lowest BCUT2D eigenvalue weighted by atomic mass is 9.54. The first-order valence-electron chi connectivity index (χ1n) is 7.43. The Kier molecular flexibility index (Phi) is 2.47. The zero-order valence-electron chi connectivity index (χ0n) is 11.3. The molecule has 0 unspecified atom stereocenters. The van der Waals surface area contributed by atoms with E-state index in [2.05, 4.69) is 10.5 Å². The molecule has 4 fully saturated rings. The van der Waals surface area contributed by atoms with E-state index in [1.54, 1.807) is 6.07 Å². The third-order valence-electron chi connectivity index (χ3n) is 5.39. The Bertz CT molecular complexity index is 480. The van der Waals surface area contributed by atoms with Crippen LogP contribution in [0.3, 0.4) is 0 Å². The molecule has 1 heterocycles. The Morgan fingerprint density at radius 1 is 1.21 bits per heavy atom. The Balaban J connectivity index is 1.49. The van der Waals surface area contributed by atoms with Gasteiger partial charge in [-0.3, -0.25) is 4.79 Å². The summed E-state index contributed by atoms with van der Waals surface area (Å²) < 4.78 is 4.98. The number of nitrogens with one attached hydrogen (secondary N) is 1. The van der Waals surface area contributed by atoms with Gasteiger partial charge in [-0.1, -0.05) is 5.16 Å². The van der Waals surface area contributed by atoms with Gasteiger partial charge in [0.15, 0.2) is 5.69 Å². The molecule has 4 aliphatic carbocycles. The second-order valence-corrected chi connectivity index (χ2v) is 6.75. The van der Waals surface area contributed by atoms with Crippen LogP contribution >= 0.6 is 0 Å². The predicted molar refractivity (Wildman–Crippen MR) is 69.5 cm³/mol. The maximum Gasteiger partial charge on any atom is 0.273 e. The molecule has 4 heteroatoms. The minimum atomic E-state index is -0.0608. The van der Waals surface area contributed by atoms with Gasteiger partial charge in [-0.25, -0.2) is 0 Å². The zero-order chi connectivity index (χ0) is 13.0. The van der Waals surface area contributed by atoms with E-state index >= 15 is 0 Å². The average Bonchev–Trinajstić information content (AvgIpc) is 2.79. The lowest BCUT2D eigenvalue weighted by Gasteiger charge is -2.54. The minimum absolute atomic E-state index is 0.0608. The second kappa shape index (κ2) is 4.09. The zero-order valence-corrected chi connectivity index (χ0v) is 11.3. The van der Waals surface area contributed by atoms with E-state index in [9.17, 15) is 4.79 Å². The van der Waals surface area contributed by atoms with Crippen molar-refractivity contribution in [3.63, 3.8) is 0 Å². The predicted octanol–water partition coefficient (Wildman–Crippen LogP) is 2.54. The summed E-state index contributed by atoms with van der Waals surface area (Å²) in [5.74, 6) is 3.90. The number of nitrogens with zero attached hydrogens (tertiary/aromatic N) is 1. The maximum atomic E-state index is 12.2. The summed E-state index contributed by atoms with van der Waals surface area (Å²) in [5, 5.41) is 7.04. The standard InChI is InChI=1S/C15H20N2O2/c1-8-2-13(17-19-8)15(18)16-14-11-4-9-3-10(6-11)7-12(14)5-9/h2,9-12,14H,3-7H2,1H3,(H,16,18). The van der Waals surface area contributed by atoms with Gasteiger partial charge in [0.2, 0.25) is 0 Å². The molecule has 0 radical (unpaired) electrons. The van der Waals surface area contributed by atoms with Crippen LogP contribution in [0.1, 0.15) is 48.4 Å². The van der Waals surface area contributed by atoms with Crippen LogP contribution in [-0.4, -0.2) is 17.1 Å². The smallest absolute Gasteiger partial charge is 0.273 e. The van der Waals surface area contributed by atoms with Crippen molar-refractivity contribution in [1.82, 2.24) is 10.5 Å². The molecule has 4 aliphatic rings. The third kappa shape index (κ3) is 1.88. The van der Waals surface area contributed by atoms with E-state index in [-0.39, 0.29) is 5.91 Å². The van der Waals surface area contributed by atoms with E-state index in [0.29, 0.717) is 29.3 Å². The van der Waals surface area contributed by atoms with Crippen molar-refractivity contribution in [3.05, 3.63) is 17.5 Å². The van der Waals surface area contributed by atoms with Crippen LogP contribution < -0.4 is 5.32 Å². The number of rotatable bonds is 2. The number of aryl methyl sites for hydroxylation is 1. The van der Waals surface area contributed by atoms with E-state index in [1.165, 1.54) is 32.1 Å². The van der Waals surface area contributed by atoms with E-state index < -0.39 is 0 Å². The van der Waals surface area contributed by atoms with Crippen molar-refractivity contribution in [2.75, 3.05) is 0 Å². The monoisotopic (exact) mass is 260 g/mol. The first-order valence-corrected chi connectivity index (χ1v) is 7.43. The molecule has 102 valence electrons. The van der Waals surface area contributed by atoms with Crippen LogP contribution in [-0.2, 0) is 0 Å². The fraction of sp³-hybridized carbons (Fsp3) is 0.733. The van der Waals surface area contributed by atoms with E-state index in [1.807, 2.05) is 6.92 Å². The molecule has 19 heavy (non-hydrogen) atoms. The van der Waals surface area contributed by atoms with Gasteiger partial charge in [-0.2, -0.15) is 0 Å². The Morgan fingerprint density at radius 2 is 1.84 bits per heavy atom. The van der Waals surface area contributed by atoms with Gasteiger partial charge in [0.25, 0.3) is 5.91 Å². The number of aromatic nitrogens is 1. The highest BCUT2D eigenvalue weighted by Crippen LogP contribution is 2.53. The molecule has 4 saturated carbocycles. The van der Waals surface area contributed by atoms with Crippen molar-refractivity contribution in [2.24, 2.45) is 23.7 Å². The van der Waals surface area contributed by atoms with Gasteiger partial charge in [-0.05, 0) is 62.7 Å². The molecule has 0 atom stereocenters. The van der Waals surface area contributed by atoms with Crippen molar-refractivity contribution in [3.8, 4) is 0 Å². The average molecular weight is 260 g/mol. The van der Waals surface area contributed by atoms with E-state index in [4.69, 9.17) is 4.52 Å². The molecule has 4 bridgehead atoms. The summed E-state index contributed by atoms with van der Waals surface area (Å²) >= 11 is 0. The summed E-state index contributed by atoms with van der Waals surface area (Å²) in [4.78, 5) is 12.2. The number of hydrogen-bond acceptors (Lipinski definition) is 3. The van der Waals surface area contributed by atoms with Crippen molar-refractivity contribution in [2.45, 2.75) is 45.1 Å². The molecular formula is C15H20N2O2. The quantitative estimate of drug-likeness (QED) is 0.889. The fourth-order valence-corrected chi connectivity index (χ4v) is 4.86. The van der Waals surface area contributed by atoms with Crippen LogP contribution in [0.25, 0.3) is 0 Å². The van der Waals surface area contributed by atoms with Crippen LogP contribution in [0.2, 0.25) is 0 Å². The van der Waals surface area contributed by atoms with E-state index in [0.717, 1.165) is 11.8 Å². The maximum absolute atomic E-state index is 12.2. The highest BCUT2D eigenvalue weighted by molar-refractivity contribution is 5.92. The first kappa shape index (κ1) is 11.5. The molecule has 1 aromatic rings. The number of carbonyl (C=O) groups excluding carboxylic acids is 1. The molecule has 0 saturated heterocycles. The lowest BCUT2D eigenvalue weighted by Crippen LogP contribution is -2.55. The lowest BCUT2D eigenvalue weighted by molar-refractivity contribution is -0.0120. The number of carbonyl (C=O) groups is 1. The summed E-state index contributed by atoms with van der Waals surface area (Å²) in [6, 6.07) is 2.09. The Morgan fingerprint density at radius 3 is 2.37 bits per heavy atom. The highest BCUT2D eigenvalue weighted by Gasteiger charge is 2.48. The van der Waals surface area contributed by atoms with Crippen molar-refractivity contribution >= 4 is 5.91 Å². The van der Waals surface area contributed by atoms with Crippen LogP contribution in [0, 0.1) is 30.6 Å². The van der Waals surface area contributed by atoms with Gasteiger partial charge in [0, 0.05) is 12.1 Å². The summed E-state index contributed by atoms with van der Waals surface area (Å²) in [7, 11) is 0. The number of amides is 1. The SMILES string of the molecule is Cc1cc(C(=O)NC2C3CC4CC(C3)CC2C4)no1. The molecule has 0 spiro atoms. The minimum Gasteiger partial charge on any atom is -0.361 e. The largest absolute Gasteiger partial charge is 0.361 e. The van der Waals surface area contributed by atoms with Crippen LogP contribution in [0.5, 0.6) is 0 Å². The van der Waals surface area contributed by atoms with Crippen molar-refractivity contribution < 1.29 is 9.32 Å². The van der Waals surface area contributed by atoms with Gasteiger partial charge in [-0.15, -0.1) is 0 Å². The van der Waals surface area contributed by atoms with Crippen LogP contribution in [0.15, 0.2) is 10.6 Å². The summed E-state index contributed by atoms with van der Waals surface area (Å²) in [5.41, 5.74) is 0.423. The highest BCUT2D eigenvalue weighted by atomic mass is 16.5. The summed E-state index contributed by atoms with van der Waals surface area (Å²) in [6.45, 7) is 1.81. The Hall–Kier alpha value is -1.32. The fourth-order valence-electron chi connectivity index (χ4n) is 4.86. The molecule has 1 amide bonds. The van der Waals surface area contributed by atoms with Gasteiger partial charge < -0.3 is 9.84 Å². The van der Waals surface area contributed by atoms with Crippen LogP contribution in [0.4, 0.5) is 0 Å². The Labute approximate surface area is 112 Å². The molecule has 4 nitrogen and oxygen atoms in total. The number of hydrogen-bond donors (Lipinski definition) is 1. The van der Waals surface area contributed by atoms with Gasteiger partial charge >= 0.3 is 0 Å². The molecular weight excluding hydrogens is 240 g/mol.